The molecule has 4 aromatic rings. The number of sulfonamides is 1. The van der Waals surface area contributed by atoms with Gasteiger partial charge in [0.05, 0.1) is 22.2 Å². The fourth-order valence-electron chi connectivity index (χ4n) is 3.28. The zero-order valence-electron chi connectivity index (χ0n) is 18.2. The van der Waals surface area contributed by atoms with Gasteiger partial charge in [0.15, 0.2) is 5.69 Å². The van der Waals surface area contributed by atoms with Crippen LogP contribution in [0.2, 0.25) is 0 Å². The van der Waals surface area contributed by atoms with Crippen LogP contribution < -0.4 is 29.6 Å². The van der Waals surface area contributed by atoms with Crippen molar-refractivity contribution in [3.8, 4) is 16.9 Å². The largest absolute Gasteiger partial charge is 1.00 e. The van der Waals surface area contributed by atoms with Crippen molar-refractivity contribution in [2.75, 3.05) is 0 Å². The van der Waals surface area contributed by atoms with Gasteiger partial charge in [0.2, 0.25) is 0 Å². The molecule has 11 heteroatoms. The maximum Gasteiger partial charge on any atom is 1.00 e. The van der Waals surface area contributed by atoms with Crippen LogP contribution in [0.5, 0.6) is 0 Å². The molecule has 0 spiro atoms. The number of rotatable bonds is 5. The van der Waals surface area contributed by atoms with E-state index in [-0.39, 0.29) is 52.3 Å². The molecule has 170 valence electrons. The Hall–Kier alpha value is -2.66. The van der Waals surface area contributed by atoms with Crippen molar-refractivity contribution in [2.24, 2.45) is 0 Å². The van der Waals surface area contributed by atoms with Crippen LogP contribution in [0.15, 0.2) is 77.7 Å². The molecule has 1 amide bonds. The molecule has 0 aliphatic heterocycles. The minimum atomic E-state index is -4.67. The van der Waals surface area contributed by atoms with Gasteiger partial charge < -0.3 is 9.52 Å². The normalized spacial score (nSPS) is 11.8. The molecule has 1 aromatic heterocycles. The van der Waals surface area contributed by atoms with E-state index in [1.165, 1.54) is 31.2 Å². The predicted octanol–water partition coefficient (Wildman–Crippen LogP) is 2.71. The molecule has 0 unspecified atom stereocenters. The summed E-state index contributed by atoms with van der Waals surface area (Å²) in [4.78, 5) is 11.2. The number of halogens is 3. The molecule has 0 atom stereocenters. The minimum Gasteiger partial charge on any atom is -0.542 e. The SMILES string of the molecule is CCC(=O)[N-]S(=O)(=O)c1ccc(-n2nc(C(F)(F)F)cc2-c2ccc3ccccc3c2)cc1.[Na+]. The molecule has 1 heterocycles. The van der Waals surface area contributed by atoms with E-state index in [1.807, 2.05) is 24.3 Å². The zero-order valence-corrected chi connectivity index (χ0v) is 21.1. The summed E-state index contributed by atoms with van der Waals surface area (Å²) in [5.74, 6) is -0.792. The van der Waals surface area contributed by atoms with Gasteiger partial charge in [-0.25, -0.2) is 13.1 Å². The maximum absolute atomic E-state index is 13.4. The molecular formula is C23H17F3N3NaO3S. The molecule has 34 heavy (non-hydrogen) atoms. The molecule has 0 N–H and O–H groups in total. The molecule has 4 rings (SSSR count). The molecule has 0 bridgehead atoms. The fraction of sp³-hybridized carbons (Fsp3) is 0.130. The Morgan fingerprint density at radius 3 is 2.24 bits per heavy atom. The van der Waals surface area contributed by atoms with Gasteiger partial charge in [-0.15, -0.1) is 0 Å². The van der Waals surface area contributed by atoms with Crippen LogP contribution >= 0.6 is 0 Å². The molecule has 0 aliphatic rings. The average Bonchev–Trinajstić information content (AvgIpc) is 3.24. The molecular weight excluding hydrogens is 478 g/mol. The van der Waals surface area contributed by atoms with E-state index < -0.39 is 27.8 Å². The minimum absolute atomic E-state index is 0. The van der Waals surface area contributed by atoms with Gasteiger partial charge in [-0.2, -0.15) is 18.3 Å². The Labute approximate surface area is 216 Å². The van der Waals surface area contributed by atoms with Crippen LogP contribution in [0.1, 0.15) is 19.0 Å². The number of hydrogen-bond donors (Lipinski definition) is 0. The monoisotopic (exact) mass is 495 g/mol. The van der Waals surface area contributed by atoms with Crippen molar-refractivity contribution >= 4 is 26.7 Å². The van der Waals surface area contributed by atoms with Crippen LogP contribution in [0.3, 0.4) is 0 Å². The molecule has 0 aliphatic carbocycles. The Balaban J connectivity index is 0.00000324. The van der Waals surface area contributed by atoms with E-state index in [1.54, 1.807) is 18.2 Å². The van der Waals surface area contributed by atoms with E-state index >= 15 is 0 Å². The smallest absolute Gasteiger partial charge is 0.542 e. The third-order valence-corrected chi connectivity index (χ3v) is 6.26. The van der Waals surface area contributed by atoms with E-state index in [9.17, 15) is 26.4 Å². The standard InChI is InChI=1S/C23H18F3N3O3S.Na/c1-2-22(30)28-33(31,32)19-11-9-18(10-12-19)29-20(14-21(27-29)23(24,25)26)17-8-7-15-5-3-4-6-16(15)13-17;/h3-14H,2H2,1H3,(H,28,30);/q;+1/p-1. The molecule has 0 fully saturated rings. The zero-order chi connectivity index (χ0) is 23.8. The summed E-state index contributed by atoms with van der Waals surface area (Å²) in [7, 11) is -4.21. The summed E-state index contributed by atoms with van der Waals surface area (Å²) >= 11 is 0. The second-order valence-corrected chi connectivity index (χ2v) is 8.80. The number of fused-ring (bicyclic) bond motifs is 1. The van der Waals surface area contributed by atoms with Gasteiger partial charge in [-0.1, -0.05) is 43.3 Å². The first kappa shape index (κ1) is 26.0. The third kappa shape index (κ3) is 5.35. The van der Waals surface area contributed by atoms with Crippen molar-refractivity contribution in [1.29, 1.82) is 0 Å². The number of carbonyl (C=O) groups excluding carboxylic acids is 1. The predicted molar refractivity (Wildman–Crippen MR) is 117 cm³/mol. The van der Waals surface area contributed by atoms with Gasteiger partial charge >= 0.3 is 35.7 Å². The number of amides is 1. The third-order valence-electron chi connectivity index (χ3n) is 4.95. The first-order valence-electron chi connectivity index (χ1n) is 9.86. The first-order chi connectivity index (χ1) is 15.6. The summed E-state index contributed by atoms with van der Waals surface area (Å²) in [6.07, 6.45) is -4.74. The molecule has 0 saturated heterocycles. The van der Waals surface area contributed by atoms with E-state index in [0.717, 1.165) is 21.5 Å². The maximum atomic E-state index is 13.4. The number of alkyl halides is 3. The number of carbonyl (C=O) groups is 1. The Bertz CT molecular complexity index is 1450. The quantitative estimate of drug-likeness (QED) is 0.399. The number of hydrogen-bond acceptors (Lipinski definition) is 4. The van der Waals surface area contributed by atoms with Crippen molar-refractivity contribution < 1.29 is 55.9 Å². The van der Waals surface area contributed by atoms with E-state index in [2.05, 4.69) is 9.82 Å². The van der Waals surface area contributed by atoms with Gasteiger partial charge in [0.25, 0.3) is 0 Å². The summed E-state index contributed by atoms with van der Waals surface area (Å²) in [5, 5.41) is 5.51. The second-order valence-electron chi connectivity index (χ2n) is 7.19. The van der Waals surface area contributed by atoms with Crippen LogP contribution in [-0.2, 0) is 21.0 Å². The van der Waals surface area contributed by atoms with E-state index in [0.29, 0.717) is 5.56 Å². The van der Waals surface area contributed by atoms with Gasteiger partial charge in [0.1, 0.15) is 10.0 Å². The molecule has 6 nitrogen and oxygen atoms in total. The van der Waals surface area contributed by atoms with Gasteiger partial charge in [-0.05, 0) is 53.6 Å². The first-order valence-corrected chi connectivity index (χ1v) is 11.3. The van der Waals surface area contributed by atoms with Crippen LogP contribution in [0, 0.1) is 0 Å². The molecule has 0 radical (unpaired) electrons. The van der Waals surface area contributed by atoms with Crippen molar-refractivity contribution in [2.45, 2.75) is 24.4 Å². The summed E-state index contributed by atoms with van der Waals surface area (Å²) in [6, 6.07) is 18.6. The number of nitrogens with zero attached hydrogens (tertiary/aromatic N) is 3. The number of aromatic nitrogens is 2. The van der Waals surface area contributed by atoms with Crippen molar-refractivity contribution in [1.82, 2.24) is 9.78 Å². The number of benzene rings is 3. The van der Waals surface area contributed by atoms with E-state index in [4.69, 9.17) is 0 Å². The van der Waals surface area contributed by atoms with Crippen molar-refractivity contribution in [3.63, 3.8) is 0 Å². The topological polar surface area (TPSA) is 83.1 Å². The van der Waals surface area contributed by atoms with Crippen LogP contribution in [0.25, 0.3) is 32.4 Å². The molecule has 0 saturated carbocycles. The van der Waals surface area contributed by atoms with Crippen LogP contribution in [-0.4, -0.2) is 24.1 Å². The summed E-state index contributed by atoms with van der Waals surface area (Å²) < 4.78 is 69.1. The Morgan fingerprint density at radius 2 is 1.62 bits per heavy atom. The Morgan fingerprint density at radius 1 is 0.971 bits per heavy atom. The van der Waals surface area contributed by atoms with Crippen molar-refractivity contribution in [3.05, 3.63) is 83.2 Å². The summed E-state index contributed by atoms with van der Waals surface area (Å²) in [6.45, 7) is 1.48. The summed E-state index contributed by atoms with van der Waals surface area (Å²) in [5.41, 5.74) is -0.160. The fourth-order valence-corrected chi connectivity index (χ4v) is 4.26. The van der Waals surface area contributed by atoms with Gasteiger partial charge in [-0.3, -0.25) is 0 Å². The molecule has 3 aromatic carbocycles. The van der Waals surface area contributed by atoms with Crippen LogP contribution in [0.4, 0.5) is 13.2 Å². The second kappa shape index (κ2) is 9.91. The Kier molecular flexibility index (Phi) is 7.56. The van der Waals surface area contributed by atoms with Gasteiger partial charge in [0, 0.05) is 5.56 Å². The average molecular weight is 495 g/mol.